The zero-order valence-electron chi connectivity index (χ0n) is 17.6. The highest BCUT2D eigenvalue weighted by molar-refractivity contribution is 5.84. The minimum absolute atomic E-state index is 0.0171. The summed E-state index contributed by atoms with van der Waals surface area (Å²) in [5.41, 5.74) is 2.72. The molecular formula is C22H30N4O3. The Morgan fingerprint density at radius 1 is 1.41 bits per heavy atom. The van der Waals surface area contributed by atoms with E-state index in [-0.39, 0.29) is 23.8 Å². The highest BCUT2D eigenvalue weighted by Crippen LogP contribution is 2.27. The first-order valence-electron chi connectivity index (χ1n) is 10.1. The fourth-order valence-electron chi connectivity index (χ4n) is 3.91. The monoisotopic (exact) mass is 398 g/mol. The number of methoxy groups -OCH3 is 1. The molecule has 1 fully saturated rings. The molecule has 1 aliphatic heterocycles. The Labute approximate surface area is 171 Å². The number of carbonyl (C=O) groups excluding carboxylic acids is 2. The van der Waals surface area contributed by atoms with E-state index in [2.05, 4.69) is 29.4 Å². The number of H-pyrrole nitrogens is 1. The van der Waals surface area contributed by atoms with E-state index in [1.165, 1.54) is 0 Å². The number of hydrogen-bond donors (Lipinski definition) is 2. The number of ether oxygens (including phenoxy) is 1. The summed E-state index contributed by atoms with van der Waals surface area (Å²) in [4.78, 5) is 27.0. The van der Waals surface area contributed by atoms with Crippen molar-refractivity contribution >= 4 is 11.8 Å². The smallest absolute Gasteiger partial charge is 0.225 e. The Morgan fingerprint density at radius 3 is 2.93 bits per heavy atom. The highest BCUT2D eigenvalue weighted by atomic mass is 16.5. The van der Waals surface area contributed by atoms with Gasteiger partial charge in [-0.05, 0) is 31.4 Å². The van der Waals surface area contributed by atoms with Crippen molar-refractivity contribution in [3.05, 3.63) is 36.0 Å². The number of aromatic nitrogens is 2. The maximum absolute atomic E-state index is 12.9. The standard InChI is InChI=1S/C22H30N4O3/c1-14(2)13-26-15(3)19(8-9-20(26)27)22(28)23-11-17-12-24-25-21(17)16-6-5-7-18(10-16)29-4/h5-7,10,12,14-15,19H,8-9,11,13H2,1-4H3,(H,23,28)(H,24,25)/t15-,19-/m1/s1. The van der Waals surface area contributed by atoms with E-state index in [0.717, 1.165) is 22.6 Å². The van der Waals surface area contributed by atoms with E-state index < -0.39 is 0 Å². The Balaban J connectivity index is 1.67. The number of nitrogens with one attached hydrogen (secondary N) is 2. The molecule has 0 unspecified atom stereocenters. The van der Waals surface area contributed by atoms with E-state index in [1.807, 2.05) is 36.1 Å². The van der Waals surface area contributed by atoms with Gasteiger partial charge in [0.05, 0.1) is 24.9 Å². The lowest BCUT2D eigenvalue weighted by atomic mass is 9.88. The fourth-order valence-corrected chi connectivity index (χ4v) is 3.91. The van der Waals surface area contributed by atoms with Crippen LogP contribution in [0.15, 0.2) is 30.5 Å². The van der Waals surface area contributed by atoms with Crippen molar-refractivity contribution in [1.82, 2.24) is 20.4 Å². The molecule has 2 N–H and O–H groups in total. The molecule has 0 bridgehead atoms. The molecule has 7 heteroatoms. The predicted octanol–water partition coefficient (Wildman–Crippen LogP) is 2.98. The van der Waals surface area contributed by atoms with Gasteiger partial charge in [-0.3, -0.25) is 14.7 Å². The second-order valence-electron chi connectivity index (χ2n) is 8.05. The third-order valence-electron chi connectivity index (χ3n) is 5.49. The third-order valence-corrected chi connectivity index (χ3v) is 5.49. The van der Waals surface area contributed by atoms with E-state index in [9.17, 15) is 9.59 Å². The lowest BCUT2D eigenvalue weighted by Gasteiger charge is -2.39. The summed E-state index contributed by atoms with van der Waals surface area (Å²) in [5, 5.41) is 10.2. The van der Waals surface area contributed by atoms with Crippen LogP contribution >= 0.6 is 0 Å². The Hall–Kier alpha value is -2.83. The summed E-state index contributed by atoms with van der Waals surface area (Å²) in [5.74, 6) is 1.07. The minimum Gasteiger partial charge on any atom is -0.497 e. The highest BCUT2D eigenvalue weighted by Gasteiger charge is 2.36. The van der Waals surface area contributed by atoms with Crippen molar-refractivity contribution in [1.29, 1.82) is 0 Å². The number of rotatable bonds is 7. The van der Waals surface area contributed by atoms with Gasteiger partial charge in [0.2, 0.25) is 11.8 Å². The number of likely N-dealkylation sites (tertiary alicyclic amines) is 1. The van der Waals surface area contributed by atoms with Crippen LogP contribution in [0.2, 0.25) is 0 Å². The first kappa shape index (κ1) is 20.9. The van der Waals surface area contributed by atoms with Crippen molar-refractivity contribution in [2.75, 3.05) is 13.7 Å². The van der Waals surface area contributed by atoms with Gasteiger partial charge in [-0.25, -0.2) is 0 Å². The van der Waals surface area contributed by atoms with Crippen LogP contribution in [0.4, 0.5) is 0 Å². The maximum Gasteiger partial charge on any atom is 0.225 e. The quantitative estimate of drug-likeness (QED) is 0.751. The number of aromatic amines is 1. The van der Waals surface area contributed by atoms with Crippen LogP contribution in [-0.2, 0) is 16.1 Å². The van der Waals surface area contributed by atoms with Crippen molar-refractivity contribution in [3.63, 3.8) is 0 Å². The fraction of sp³-hybridized carbons (Fsp3) is 0.500. The molecule has 156 valence electrons. The van der Waals surface area contributed by atoms with E-state index in [0.29, 0.717) is 31.8 Å². The van der Waals surface area contributed by atoms with Gasteiger partial charge in [0.25, 0.3) is 0 Å². The number of carbonyl (C=O) groups is 2. The molecule has 29 heavy (non-hydrogen) atoms. The molecule has 0 saturated carbocycles. The molecule has 3 rings (SSSR count). The second-order valence-corrected chi connectivity index (χ2v) is 8.05. The zero-order chi connectivity index (χ0) is 21.0. The molecule has 2 amide bonds. The summed E-state index contributed by atoms with van der Waals surface area (Å²) in [6, 6.07) is 7.61. The molecule has 0 aliphatic carbocycles. The topological polar surface area (TPSA) is 87.3 Å². The van der Waals surface area contributed by atoms with Crippen LogP contribution in [0.1, 0.15) is 39.2 Å². The van der Waals surface area contributed by atoms with E-state index in [4.69, 9.17) is 4.74 Å². The zero-order valence-corrected chi connectivity index (χ0v) is 17.6. The average molecular weight is 399 g/mol. The largest absolute Gasteiger partial charge is 0.497 e. The Bertz CT molecular complexity index is 861. The van der Waals surface area contributed by atoms with Gasteiger partial charge >= 0.3 is 0 Å². The molecule has 0 spiro atoms. The number of piperidine rings is 1. The molecule has 2 atom stereocenters. The van der Waals surface area contributed by atoms with Crippen LogP contribution in [0.3, 0.4) is 0 Å². The number of amides is 2. The van der Waals surface area contributed by atoms with E-state index in [1.54, 1.807) is 13.3 Å². The predicted molar refractivity (Wildman–Crippen MR) is 111 cm³/mol. The molecule has 1 aromatic carbocycles. The lowest BCUT2D eigenvalue weighted by Crippen LogP contribution is -2.52. The van der Waals surface area contributed by atoms with Gasteiger partial charge in [-0.15, -0.1) is 0 Å². The van der Waals surface area contributed by atoms with E-state index >= 15 is 0 Å². The van der Waals surface area contributed by atoms with Gasteiger partial charge in [-0.1, -0.05) is 26.0 Å². The van der Waals surface area contributed by atoms with Gasteiger partial charge in [0, 0.05) is 36.7 Å². The average Bonchev–Trinajstić information content (AvgIpc) is 3.18. The van der Waals surface area contributed by atoms with Crippen molar-refractivity contribution < 1.29 is 14.3 Å². The SMILES string of the molecule is COc1cccc(-c2[nH]ncc2CNC(=O)[C@@H]2CCC(=O)N(CC(C)C)[C@@H]2C)c1. The minimum atomic E-state index is -0.196. The third kappa shape index (κ3) is 4.78. The van der Waals surface area contributed by atoms with Gasteiger partial charge < -0.3 is 15.0 Å². The van der Waals surface area contributed by atoms with Crippen LogP contribution in [0.5, 0.6) is 5.75 Å². The van der Waals surface area contributed by atoms with Crippen LogP contribution in [0, 0.1) is 11.8 Å². The van der Waals surface area contributed by atoms with Crippen molar-refractivity contribution in [2.45, 2.75) is 46.2 Å². The normalized spacial score (nSPS) is 19.5. The molecule has 1 aromatic heterocycles. The Kier molecular flexibility index (Phi) is 6.56. The summed E-state index contributed by atoms with van der Waals surface area (Å²) in [7, 11) is 1.63. The van der Waals surface area contributed by atoms with Gasteiger partial charge in [0.15, 0.2) is 0 Å². The number of nitrogens with zero attached hydrogens (tertiary/aromatic N) is 2. The molecule has 2 heterocycles. The summed E-state index contributed by atoms with van der Waals surface area (Å²) in [6.45, 7) is 7.21. The molecular weight excluding hydrogens is 368 g/mol. The summed E-state index contributed by atoms with van der Waals surface area (Å²) < 4.78 is 5.29. The van der Waals surface area contributed by atoms with Gasteiger partial charge in [-0.2, -0.15) is 5.10 Å². The Morgan fingerprint density at radius 2 is 2.21 bits per heavy atom. The van der Waals surface area contributed by atoms with Crippen molar-refractivity contribution in [2.24, 2.45) is 11.8 Å². The van der Waals surface area contributed by atoms with Crippen LogP contribution in [0.25, 0.3) is 11.3 Å². The number of hydrogen-bond acceptors (Lipinski definition) is 4. The molecule has 0 radical (unpaired) electrons. The first-order chi connectivity index (χ1) is 13.9. The van der Waals surface area contributed by atoms with Crippen LogP contribution < -0.4 is 10.1 Å². The van der Waals surface area contributed by atoms with Gasteiger partial charge in [0.1, 0.15) is 5.75 Å². The van der Waals surface area contributed by atoms with Crippen LogP contribution in [-0.4, -0.2) is 46.6 Å². The lowest BCUT2D eigenvalue weighted by molar-refractivity contribution is -0.143. The second kappa shape index (κ2) is 9.11. The number of benzene rings is 1. The molecule has 2 aromatic rings. The summed E-state index contributed by atoms with van der Waals surface area (Å²) >= 11 is 0. The molecule has 1 aliphatic rings. The maximum atomic E-state index is 12.9. The molecule has 1 saturated heterocycles. The summed E-state index contributed by atoms with van der Waals surface area (Å²) in [6.07, 6.45) is 2.75. The first-order valence-corrected chi connectivity index (χ1v) is 10.1. The molecule has 7 nitrogen and oxygen atoms in total. The van der Waals surface area contributed by atoms with Crippen molar-refractivity contribution in [3.8, 4) is 17.0 Å².